The van der Waals surface area contributed by atoms with Crippen molar-refractivity contribution in [3.8, 4) is 0 Å². The standard InChI is InChI=1S/C49H63NO5SSi/c1-5-6-7-8-9-10-11-12-13-14-15-25-36-44(56-48(54)38-28-19-16-20-29-38)45(51)43(50-46(52)41-34-26-27-35-42(41)47(50)53)37-55-57(49(2,3)4,39-30-21-17-22-31-39)40-32-23-18-24-33-40/h16-24,26-35,43-45,51H,5-15,25,36-37H2,1-4H3/t43-,44+,45-/m0/s1. The second-order valence-corrected chi connectivity index (χ2v) is 22.1. The summed E-state index contributed by atoms with van der Waals surface area (Å²) in [5.74, 6) is -0.900. The number of imide groups is 1. The van der Waals surface area contributed by atoms with Crippen LogP contribution in [0.25, 0.3) is 0 Å². The highest BCUT2D eigenvalue weighted by molar-refractivity contribution is 8.14. The summed E-state index contributed by atoms with van der Waals surface area (Å²) in [6.45, 7) is 8.70. The lowest BCUT2D eigenvalue weighted by Gasteiger charge is -2.45. The van der Waals surface area contributed by atoms with Gasteiger partial charge in [-0.1, -0.05) is 220 Å². The van der Waals surface area contributed by atoms with Crippen LogP contribution in [-0.2, 0) is 4.43 Å². The van der Waals surface area contributed by atoms with Gasteiger partial charge in [-0.3, -0.25) is 19.3 Å². The second-order valence-electron chi connectivity index (χ2n) is 16.5. The van der Waals surface area contributed by atoms with E-state index >= 15 is 0 Å². The number of hydrogen-bond donors (Lipinski definition) is 1. The highest BCUT2D eigenvalue weighted by Crippen LogP contribution is 2.38. The van der Waals surface area contributed by atoms with Gasteiger partial charge in [0.1, 0.15) is 0 Å². The Bertz CT molecular complexity index is 1770. The lowest BCUT2D eigenvalue weighted by atomic mass is 10.0. The number of nitrogens with zero attached hydrogens (tertiary/aromatic N) is 1. The molecule has 0 bridgehead atoms. The van der Waals surface area contributed by atoms with E-state index in [-0.39, 0.29) is 16.8 Å². The molecule has 5 rings (SSSR count). The average molecular weight is 806 g/mol. The first-order chi connectivity index (χ1) is 27.6. The Morgan fingerprint density at radius 1 is 0.649 bits per heavy atom. The first-order valence-corrected chi connectivity index (χ1v) is 24.0. The predicted octanol–water partition coefficient (Wildman–Crippen LogP) is 10.6. The normalized spacial score (nSPS) is 14.7. The van der Waals surface area contributed by atoms with E-state index in [2.05, 4.69) is 52.0 Å². The van der Waals surface area contributed by atoms with Crippen molar-refractivity contribution in [1.82, 2.24) is 4.90 Å². The van der Waals surface area contributed by atoms with Crippen molar-refractivity contribution in [1.29, 1.82) is 0 Å². The van der Waals surface area contributed by atoms with Crippen molar-refractivity contribution in [3.63, 3.8) is 0 Å². The first-order valence-electron chi connectivity index (χ1n) is 21.3. The van der Waals surface area contributed by atoms with Gasteiger partial charge >= 0.3 is 0 Å². The SMILES string of the molecule is CCCCCCCCCCCCCC[C@@H](SC(=O)c1ccccc1)[C@@H](O)[C@H](CO[Si](c1ccccc1)(c1ccccc1)C(C)(C)C)N1C(=O)c2ccccc2C1=O. The molecule has 6 nitrogen and oxygen atoms in total. The van der Waals surface area contributed by atoms with Crippen LogP contribution in [0.1, 0.15) is 142 Å². The summed E-state index contributed by atoms with van der Waals surface area (Å²) in [6, 6.07) is 35.4. The van der Waals surface area contributed by atoms with Crippen molar-refractivity contribution in [3.05, 3.63) is 132 Å². The Kier molecular flexibility index (Phi) is 16.9. The Balaban J connectivity index is 1.43. The molecule has 1 aliphatic rings. The molecule has 0 unspecified atom stereocenters. The van der Waals surface area contributed by atoms with Crippen LogP contribution in [0, 0.1) is 0 Å². The van der Waals surface area contributed by atoms with Gasteiger partial charge in [-0.25, -0.2) is 0 Å². The van der Waals surface area contributed by atoms with Gasteiger partial charge in [0, 0.05) is 10.8 Å². The third-order valence-corrected chi connectivity index (χ3v) is 17.7. The molecule has 0 radical (unpaired) electrons. The molecule has 1 N–H and O–H groups in total. The van der Waals surface area contributed by atoms with Crippen LogP contribution in [-0.4, -0.2) is 59.3 Å². The molecule has 0 aliphatic carbocycles. The van der Waals surface area contributed by atoms with Crippen molar-refractivity contribution in [2.24, 2.45) is 0 Å². The number of aliphatic hydroxyl groups is 1. The van der Waals surface area contributed by atoms with Crippen LogP contribution < -0.4 is 10.4 Å². The minimum atomic E-state index is -3.15. The molecule has 2 amide bonds. The van der Waals surface area contributed by atoms with E-state index in [0.29, 0.717) is 23.1 Å². The van der Waals surface area contributed by atoms with E-state index in [1.165, 1.54) is 62.7 Å². The minimum absolute atomic E-state index is 0.0883. The third kappa shape index (κ3) is 11.2. The second kappa shape index (κ2) is 21.8. The Labute approximate surface area is 347 Å². The molecule has 1 heterocycles. The molecule has 0 saturated heterocycles. The minimum Gasteiger partial charge on any atom is -0.405 e. The van der Waals surface area contributed by atoms with Gasteiger partial charge < -0.3 is 9.53 Å². The zero-order chi connectivity index (χ0) is 40.7. The van der Waals surface area contributed by atoms with Gasteiger partial charge in [0.2, 0.25) is 5.12 Å². The van der Waals surface area contributed by atoms with Crippen LogP contribution in [0.4, 0.5) is 0 Å². The Morgan fingerprint density at radius 3 is 1.53 bits per heavy atom. The Hall–Kier alpha value is -3.82. The maximum atomic E-state index is 14.2. The van der Waals surface area contributed by atoms with Crippen LogP contribution >= 0.6 is 11.8 Å². The molecular weight excluding hydrogens is 743 g/mol. The van der Waals surface area contributed by atoms with E-state index in [4.69, 9.17) is 4.43 Å². The van der Waals surface area contributed by atoms with E-state index in [1.807, 2.05) is 54.6 Å². The third-order valence-electron chi connectivity index (χ3n) is 11.4. The van der Waals surface area contributed by atoms with Gasteiger partial charge in [0.25, 0.3) is 20.1 Å². The predicted molar refractivity (Wildman–Crippen MR) is 238 cm³/mol. The quantitative estimate of drug-likeness (QED) is 0.0457. The lowest BCUT2D eigenvalue weighted by molar-refractivity contribution is 0.0188. The van der Waals surface area contributed by atoms with Gasteiger partial charge in [-0.15, -0.1) is 0 Å². The molecule has 304 valence electrons. The van der Waals surface area contributed by atoms with Crippen molar-refractivity contribution in [2.45, 2.75) is 134 Å². The largest absolute Gasteiger partial charge is 0.405 e. The van der Waals surface area contributed by atoms with Gasteiger partial charge in [0.15, 0.2) is 0 Å². The zero-order valence-electron chi connectivity index (χ0n) is 34.5. The van der Waals surface area contributed by atoms with Gasteiger partial charge in [-0.2, -0.15) is 0 Å². The van der Waals surface area contributed by atoms with Crippen molar-refractivity contribution in [2.75, 3.05) is 6.61 Å². The molecule has 0 fully saturated rings. The molecule has 4 aromatic carbocycles. The van der Waals surface area contributed by atoms with Crippen LogP contribution in [0.5, 0.6) is 0 Å². The molecule has 4 aromatic rings. The number of unbranched alkanes of at least 4 members (excludes halogenated alkanes) is 11. The Morgan fingerprint density at radius 2 is 1.07 bits per heavy atom. The number of rotatable bonds is 23. The fourth-order valence-corrected chi connectivity index (χ4v) is 14.0. The number of benzene rings is 4. The summed E-state index contributed by atoms with van der Waals surface area (Å²) in [6.07, 6.45) is 13.8. The van der Waals surface area contributed by atoms with Crippen molar-refractivity contribution < 1.29 is 23.9 Å². The van der Waals surface area contributed by atoms with Crippen LogP contribution in [0.15, 0.2) is 115 Å². The molecule has 0 saturated carbocycles. The summed E-state index contributed by atoms with van der Waals surface area (Å²) >= 11 is 1.11. The number of hydrogen-bond acceptors (Lipinski definition) is 6. The van der Waals surface area contributed by atoms with Crippen LogP contribution in [0.2, 0.25) is 5.04 Å². The summed E-state index contributed by atoms with van der Waals surface area (Å²) in [5, 5.41) is 13.7. The fourth-order valence-electron chi connectivity index (χ4n) is 8.32. The monoisotopic (exact) mass is 805 g/mol. The van der Waals surface area contributed by atoms with E-state index in [9.17, 15) is 19.5 Å². The molecule has 8 heteroatoms. The fraction of sp³-hybridized carbons (Fsp3) is 0.449. The molecule has 0 aromatic heterocycles. The van der Waals surface area contributed by atoms with E-state index in [1.54, 1.807) is 36.4 Å². The summed E-state index contributed by atoms with van der Waals surface area (Å²) in [7, 11) is -3.15. The highest BCUT2D eigenvalue weighted by atomic mass is 32.2. The highest BCUT2D eigenvalue weighted by Gasteiger charge is 2.52. The summed E-state index contributed by atoms with van der Waals surface area (Å²) < 4.78 is 7.35. The number of fused-ring (bicyclic) bond motifs is 1. The number of aliphatic hydroxyl groups excluding tert-OH is 1. The van der Waals surface area contributed by atoms with E-state index in [0.717, 1.165) is 41.4 Å². The smallest absolute Gasteiger partial charge is 0.261 e. The number of thioether (sulfide) groups is 1. The van der Waals surface area contributed by atoms with E-state index < -0.39 is 37.5 Å². The molecular formula is C49H63NO5SSi. The zero-order valence-corrected chi connectivity index (χ0v) is 36.4. The average Bonchev–Trinajstić information content (AvgIpc) is 3.48. The number of carbonyl (C=O) groups is 3. The molecule has 1 aliphatic heterocycles. The number of amides is 2. The lowest BCUT2D eigenvalue weighted by Crippen LogP contribution is -2.68. The maximum absolute atomic E-state index is 14.2. The molecule has 0 spiro atoms. The first kappa shape index (κ1) is 44.3. The van der Waals surface area contributed by atoms with Crippen molar-refractivity contribution >= 4 is 47.4 Å². The topological polar surface area (TPSA) is 83.9 Å². The molecule has 57 heavy (non-hydrogen) atoms. The summed E-state index contributed by atoms with van der Waals surface area (Å²) in [4.78, 5) is 43.5. The van der Waals surface area contributed by atoms with Crippen LogP contribution in [0.3, 0.4) is 0 Å². The van der Waals surface area contributed by atoms with Gasteiger partial charge in [0.05, 0.1) is 29.9 Å². The number of carbonyl (C=O) groups excluding carboxylic acids is 3. The maximum Gasteiger partial charge on any atom is 0.261 e. The van der Waals surface area contributed by atoms with Gasteiger partial charge in [-0.05, 0) is 34.0 Å². The molecule has 3 atom stereocenters. The summed E-state index contributed by atoms with van der Waals surface area (Å²) in [5.41, 5.74) is 1.18.